The Bertz CT molecular complexity index is 463. The zero-order valence-corrected chi connectivity index (χ0v) is 12.6. The van der Waals surface area contributed by atoms with Gasteiger partial charge in [-0.15, -0.1) is 0 Å². The van der Waals surface area contributed by atoms with Crippen molar-refractivity contribution in [2.45, 2.75) is 45.6 Å². The van der Waals surface area contributed by atoms with Crippen LogP contribution in [0.5, 0.6) is 11.5 Å². The lowest BCUT2D eigenvalue weighted by molar-refractivity contribution is 0.120. The third-order valence-corrected chi connectivity index (χ3v) is 5.01. The first kappa shape index (κ1) is 13.7. The van der Waals surface area contributed by atoms with Gasteiger partial charge in [0, 0.05) is 12.6 Å². The van der Waals surface area contributed by atoms with Crippen LogP contribution in [0.15, 0.2) is 18.2 Å². The molecular formula is C17H25NO2. The lowest BCUT2D eigenvalue weighted by atomic mass is 9.67. The van der Waals surface area contributed by atoms with Crippen molar-refractivity contribution in [1.82, 2.24) is 5.32 Å². The maximum absolute atomic E-state index is 5.66. The average molecular weight is 275 g/mol. The van der Waals surface area contributed by atoms with E-state index in [2.05, 4.69) is 31.3 Å². The maximum atomic E-state index is 5.66. The summed E-state index contributed by atoms with van der Waals surface area (Å²) in [7, 11) is 0. The Labute approximate surface area is 121 Å². The van der Waals surface area contributed by atoms with Crippen LogP contribution in [0, 0.1) is 5.41 Å². The Kier molecular flexibility index (Phi) is 3.88. The summed E-state index contributed by atoms with van der Waals surface area (Å²) in [5.74, 6) is 1.76. The Morgan fingerprint density at radius 2 is 1.95 bits per heavy atom. The van der Waals surface area contributed by atoms with E-state index in [1.807, 2.05) is 6.07 Å². The summed E-state index contributed by atoms with van der Waals surface area (Å²) in [4.78, 5) is 0. The standard InChI is InChI=1S/C17H25NO2/c1-3-17(7-4-8-17)12-18-13(2)14-5-6-15-16(11-14)20-10-9-19-15/h5-6,11,13,18H,3-4,7-10,12H2,1-2H3. The van der Waals surface area contributed by atoms with E-state index in [0.29, 0.717) is 24.7 Å². The highest BCUT2D eigenvalue weighted by atomic mass is 16.6. The molecule has 0 spiro atoms. The van der Waals surface area contributed by atoms with Crippen LogP contribution in [0.2, 0.25) is 0 Å². The van der Waals surface area contributed by atoms with E-state index in [1.54, 1.807) is 0 Å². The average Bonchev–Trinajstić information content (AvgIpc) is 2.46. The van der Waals surface area contributed by atoms with Crippen molar-refractivity contribution >= 4 is 0 Å². The van der Waals surface area contributed by atoms with E-state index in [-0.39, 0.29) is 0 Å². The summed E-state index contributed by atoms with van der Waals surface area (Å²) in [6, 6.07) is 6.65. The van der Waals surface area contributed by atoms with Gasteiger partial charge in [0.25, 0.3) is 0 Å². The molecule has 1 unspecified atom stereocenters. The molecule has 1 fully saturated rings. The van der Waals surface area contributed by atoms with Gasteiger partial charge < -0.3 is 14.8 Å². The molecule has 2 aliphatic rings. The fourth-order valence-electron chi connectivity index (χ4n) is 3.15. The van der Waals surface area contributed by atoms with E-state index < -0.39 is 0 Å². The van der Waals surface area contributed by atoms with E-state index in [4.69, 9.17) is 9.47 Å². The lowest BCUT2D eigenvalue weighted by Gasteiger charge is -2.42. The minimum atomic E-state index is 0.356. The molecule has 1 atom stereocenters. The first-order chi connectivity index (χ1) is 9.72. The first-order valence-electron chi connectivity index (χ1n) is 7.85. The fourth-order valence-corrected chi connectivity index (χ4v) is 3.15. The Balaban J connectivity index is 1.63. The summed E-state index contributed by atoms with van der Waals surface area (Å²) >= 11 is 0. The Morgan fingerprint density at radius 1 is 1.20 bits per heavy atom. The molecule has 3 heteroatoms. The highest BCUT2D eigenvalue weighted by Crippen LogP contribution is 2.43. The monoisotopic (exact) mass is 275 g/mol. The summed E-state index contributed by atoms with van der Waals surface area (Å²) in [5.41, 5.74) is 1.84. The third-order valence-electron chi connectivity index (χ3n) is 5.01. The highest BCUT2D eigenvalue weighted by Gasteiger charge is 2.34. The van der Waals surface area contributed by atoms with Crippen LogP contribution < -0.4 is 14.8 Å². The van der Waals surface area contributed by atoms with Gasteiger partial charge in [0.2, 0.25) is 0 Å². The highest BCUT2D eigenvalue weighted by molar-refractivity contribution is 5.44. The van der Waals surface area contributed by atoms with Crippen molar-refractivity contribution in [3.8, 4) is 11.5 Å². The predicted octanol–water partition coefficient (Wildman–Crippen LogP) is 3.69. The smallest absolute Gasteiger partial charge is 0.161 e. The minimum absolute atomic E-state index is 0.356. The third kappa shape index (κ3) is 2.64. The molecule has 1 aliphatic carbocycles. The molecule has 1 N–H and O–H groups in total. The molecule has 0 bridgehead atoms. The molecule has 1 aliphatic heterocycles. The number of fused-ring (bicyclic) bond motifs is 1. The van der Waals surface area contributed by atoms with Crippen molar-refractivity contribution in [1.29, 1.82) is 0 Å². The lowest BCUT2D eigenvalue weighted by Crippen LogP contribution is -2.40. The van der Waals surface area contributed by atoms with Gasteiger partial charge >= 0.3 is 0 Å². The maximum Gasteiger partial charge on any atom is 0.161 e. The molecule has 0 amide bonds. The van der Waals surface area contributed by atoms with Crippen LogP contribution in [0.4, 0.5) is 0 Å². The Morgan fingerprint density at radius 3 is 2.60 bits per heavy atom. The largest absolute Gasteiger partial charge is 0.486 e. The van der Waals surface area contributed by atoms with E-state index >= 15 is 0 Å². The SMILES string of the molecule is CCC1(CNC(C)c2ccc3c(c2)OCCO3)CCC1. The topological polar surface area (TPSA) is 30.5 Å². The molecule has 0 aromatic heterocycles. The van der Waals surface area contributed by atoms with Crippen LogP contribution in [0.3, 0.4) is 0 Å². The molecule has 1 saturated carbocycles. The fraction of sp³-hybridized carbons (Fsp3) is 0.647. The molecule has 1 aromatic rings. The first-order valence-corrected chi connectivity index (χ1v) is 7.85. The zero-order chi connectivity index (χ0) is 14.0. The summed E-state index contributed by atoms with van der Waals surface area (Å²) in [5, 5.41) is 3.70. The number of ether oxygens (including phenoxy) is 2. The van der Waals surface area contributed by atoms with Gasteiger partial charge in [0.05, 0.1) is 0 Å². The van der Waals surface area contributed by atoms with Crippen LogP contribution in [0.1, 0.15) is 51.1 Å². The van der Waals surface area contributed by atoms with Crippen LogP contribution >= 0.6 is 0 Å². The van der Waals surface area contributed by atoms with Gasteiger partial charge in [-0.25, -0.2) is 0 Å². The summed E-state index contributed by atoms with van der Waals surface area (Å²) < 4.78 is 11.2. The van der Waals surface area contributed by atoms with Crippen LogP contribution in [-0.4, -0.2) is 19.8 Å². The second-order valence-electron chi connectivity index (χ2n) is 6.21. The van der Waals surface area contributed by atoms with E-state index in [9.17, 15) is 0 Å². The molecule has 110 valence electrons. The predicted molar refractivity (Wildman–Crippen MR) is 80.4 cm³/mol. The van der Waals surface area contributed by atoms with Crippen molar-refractivity contribution in [2.75, 3.05) is 19.8 Å². The molecule has 20 heavy (non-hydrogen) atoms. The van der Waals surface area contributed by atoms with Gasteiger partial charge in [0.1, 0.15) is 13.2 Å². The molecule has 0 saturated heterocycles. The minimum Gasteiger partial charge on any atom is -0.486 e. The van der Waals surface area contributed by atoms with Crippen molar-refractivity contribution in [3.63, 3.8) is 0 Å². The zero-order valence-electron chi connectivity index (χ0n) is 12.6. The summed E-state index contributed by atoms with van der Waals surface area (Å²) in [6.45, 7) is 6.97. The summed E-state index contributed by atoms with van der Waals surface area (Å²) in [6.07, 6.45) is 5.44. The normalized spacial score (nSPS) is 21.1. The number of nitrogens with one attached hydrogen (secondary N) is 1. The Hall–Kier alpha value is -1.22. The molecule has 1 heterocycles. The number of hydrogen-bond donors (Lipinski definition) is 1. The number of benzene rings is 1. The van der Waals surface area contributed by atoms with Crippen molar-refractivity contribution < 1.29 is 9.47 Å². The van der Waals surface area contributed by atoms with Gasteiger partial charge in [0.15, 0.2) is 11.5 Å². The van der Waals surface area contributed by atoms with Crippen molar-refractivity contribution in [3.05, 3.63) is 23.8 Å². The van der Waals surface area contributed by atoms with Gasteiger partial charge in [-0.05, 0) is 49.3 Å². The van der Waals surface area contributed by atoms with Crippen LogP contribution in [-0.2, 0) is 0 Å². The molecular weight excluding hydrogens is 250 g/mol. The van der Waals surface area contributed by atoms with E-state index in [1.165, 1.54) is 31.2 Å². The quantitative estimate of drug-likeness (QED) is 0.889. The van der Waals surface area contributed by atoms with Crippen LogP contribution in [0.25, 0.3) is 0 Å². The van der Waals surface area contributed by atoms with E-state index in [0.717, 1.165) is 18.0 Å². The van der Waals surface area contributed by atoms with Gasteiger partial charge in [-0.1, -0.05) is 19.4 Å². The molecule has 0 radical (unpaired) electrons. The molecule has 3 nitrogen and oxygen atoms in total. The van der Waals surface area contributed by atoms with Gasteiger partial charge in [-0.2, -0.15) is 0 Å². The van der Waals surface area contributed by atoms with Gasteiger partial charge in [-0.3, -0.25) is 0 Å². The number of rotatable bonds is 5. The van der Waals surface area contributed by atoms with Crippen molar-refractivity contribution in [2.24, 2.45) is 5.41 Å². The second-order valence-corrected chi connectivity index (χ2v) is 6.21. The number of hydrogen-bond acceptors (Lipinski definition) is 3. The molecule has 1 aromatic carbocycles. The molecule has 3 rings (SSSR count). The second kappa shape index (κ2) is 5.65.